The monoisotopic (exact) mass is 357 g/mol. The number of hydrogen-bond acceptors (Lipinski definition) is 4. The van der Waals surface area contributed by atoms with Gasteiger partial charge >= 0.3 is 0 Å². The lowest BCUT2D eigenvalue weighted by Crippen LogP contribution is -2.37. The van der Waals surface area contributed by atoms with Gasteiger partial charge in [0.25, 0.3) is 11.1 Å². The van der Waals surface area contributed by atoms with Gasteiger partial charge in [-0.3, -0.25) is 19.3 Å². The Hall–Kier alpha value is -2.54. The molecule has 0 saturated carbocycles. The van der Waals surface area contributed by atoms with Crippen LogP contribution in [0.2, 0.25) is 0 Å². The third-order valence-electron chi connectivity index (χ3n) is 4.15. The molecule has 2 heterocycles. The van der Waals surface area contributed by atoms with Gasteiger partial charge in [0.2, 0.25) is 5.91 Å². The van der Waals surface area contributed by atoms with E-state index < -0.39 is 0 Å². The zero-order valence-electron chi connectivity index (χ0n) is 14.1. The summed E-state index contributed by atoms with van der Waals surface area (Å²) >= 11 is 0.995. The normalized spacial score (nSPS) is 14.2. The van der Waals surface area contributed by atoms with Gasteiger partial charge in [0.05, 0.1) is 11.3 Å². The van der Waals surface area contributed by atoms with Gasteiger partial charge in [0.1, 0.15) is 0 Å². The minimum atomic E-state index is -0.249. The minimum Gasteiger partial charge on any atom is -0.350 e. The smallest absolute Gasteiger partial charge is 0.288 e. The Bertz CT molecular complexity index is 814. The van der Waals surface area contributed by atoms with Crippen molar-refractivity contribution in [3.05, 3.63) is 53.3 Å². The zero-order valence-corrected chi connectivity index (χ0v) is 14.9. The Balaban J connectivity index is 1.69. The molecule has 1 aromatic heterocycles. The second-order valence-corrected chi connectivity index (χ2v) is 6.74. The minimum absolute atomic E-state index is 0.186. The average Bonchev–Trinajstić information content (AvgIpc) is 3.08. The first kappa shape index (κ1) is 17.3. The van der Waals surface area contributed by atoms with Gasteiger partial charge in [0, 0.05) is 30.2 Å². The first-order valence-corrected chi connectivity index (χ1v) is 8.97. The highest BCUT2D eigenvalue weighted by molar-refractivity contribution is 8.14. The number of carbonyl (C=O) groups is 3. The Morgan fingerprint density at radius 1 is 1.20 bits per heavy atom. The van der Waals surface area contributed by atoms with E-state index in [0.29, 0.717) is 5.56 Å². The number of imide groups is 1. The summed E-state index contributed by atoms with van der Waals surface area (Å²) in [6, 6.07) is 11.7. The van der Waals surface area contributed by atoms with Crippen molar-refractivity contribution in [2.75, 3.05) is 18.8 Å². The van der Waals surface area contributed by atoms with E-state index in [1.165, 1.54) is 4.90 Å². The molecule has 6 nitrogen and oxygen atoms in total. The van der Waals surface area contributed by atoms with Crippen LogP contribution in [0.15, 0.2) is 36.4 Å². The van der Waals surface area contributed by atoms with Crippen LogP contribution in [0.1, 0.15) is 21.7 Å². The van der Waals surface area contributed by atoms with Gasteiger partial charge in [-0.2, -0.15) is 0 Å². The van der Waals surface area contributed by atoms with Crippen LogP contribution in [0.4, 0.5) is 4.79 Å². The lowest BCUT2D eigenvalue weighted by molar-refractivity contribution is -0.124. The molecule has 1 aliphatic rings. The maximum absolute atomic E-state index is 12.5. The largest absolute Gasteiger partial charge is 0.350 e. The summed E-state index contributed by atoms with van der Waals surface area (Å²) in [5.74, 6) is -0.223. The fraction of sp³-hybridized carbons (Fsp3) is 0.278. The molecular weight excluding hydrogens is 338 g/mol. The lowest BCUT2D eigenvalue weighted by Gasteiger charge is -2.13. The van der Waals surface area contributed by atoms with E-state index in [-0.39, 0.29) is 35.9 Å². The first-order chi connectivity index (χ1) is 12.0. The van der Waals surface area contributed by atoms with Crippen molar-refractivity contribution in [3.8, 4) is 5.69 Å². The van der Waals surface area contributed by atoms with Crippen LogP contribution in [0, 0.1) is 13.8 Å². The van der Waals surface area contributed by atoms with Crippen LogP contribution in [0.5, 0.6) is 0 Å². The quantitative estimate of drug-likeness (QED) is 0.893. The SMILES string of the molecule is Cc1cc(C(=O)NCCN2C(=O)CSC2=O)c(C)n1-c1ccccc1. The predicted molar refractivity (Wildman–Crippen MR) is 97.1 cm³/mol. The van der Waals surface area contributed by atoms with Crippen molar-refractivity contribution in [2.24, 2.45) is 0 Å². The van der Waals surface area contributed by atoms with E-state index in [1.807, 2.05) is 54.8 Å². The molecule has 1 saturated heterocycles. The van der Waals surface area contributed by atoms with E-state index in [1.54, 1.807) is 0 Å². The molecule has 0 aliphatic carbocycles. The molecule has 0 spiro atoms. The molecule has 0 atom stereocenters. The zero-order chi connectivity index (χ0) is 18.0. The molecule has 1 fully saturated rings. The number of benzene rings is 1. The highest BCUT2D eigenvalue weighted by atomic mass is 32.2. The van der Waals surface area contributed by atoms with E-state index in [2.05, 4.69) is 5.32 Å². The van der Waals surface area contributed by atoms with Gasteiger partial charge in [-0.05, 0) is 32.0 Å². The summed E-state index contributed by atoms with van der Waals surface area (Å²) in [4.78, 5) is 36.8. The summed E-state index contributed by atoms with van der Waals surface area (Å²) in [5, 5.41) is 2.54. The maximum Gasteiger partial charge on any atom is 0.288 e. The molecule has 1 N–H and O–H groups in total. The van der Waals surface area contributed by atoms with Crippen molar-refractivity contribution in [1.82, 2.24) is 14.8 Å². The van der Waals surface area contributed by atoms with Crippen molar-refractivity contribution < 1.29 is 14.4 Å². The Morgan fingerprint density at radius 2 is 1.92 bits per heavy atom. The van der Waals surface area contributed by atoms with Crippen molar-refractivity contribution >= 4 is 28.8 Å². The van der Waals surface area contributed by atoms with E-state index in [4.69, 9.17) is 0 Å². The summed E-state index contributed by atoms with van der Waals surface area (Å²) in [6.45, 7) is 4.30. The molecule has 1 aliphatic heterocycles. The highest BCUT2D eigenvalue weighted by Crippen LogP contribution is 2.21. The third kappa shape index (κ3) is 3.46. The Labute approximate surface area is 150 Å². The molecule has 0 radical (unpaired) electrons. The molecule has 25 heavy (non-hydrogen) atoms. The van der Waals surface area contributed by atoms with E-state index in [9.17, 15) is 14.4 Å². The van der Waals surface area contributed by atoms with Crippen LogP contribution in [0.3, 0.4) is 0 Å². The topological polar surface area (TPSA) is 71.4 Å². The number of para-hydroxylation sites is 1. The number of aryl methyl sites for hydroxylation is 1. The molecule has 130 valence electrons. The summed E-state index contributed by atoms with van der Waals surface area (Å²) in [5.41, 5.74) is 3.41. The Morgan fingerprint density at radius 3 is 2.56 bits per heavy atom. The molecule has 7 heteroatoms. The summed E-state index contributed by atoms with van der Waals surface area (Å²) in [7, 11) is 0. The maximum atomic E-state index is 12.5. The fourth-order valence-corrected chi connectivity index (χ4v) is 3.69. The van der Waals surface area contributed by atoms with Crippen molar-refractivity contribution in [2.45, 2.75) is 13.8 Å². The number of nitrogens with one attached hydrogen (secondary N) is 1. The van der Waals surface area contributed by atoms with Crippen LogP contribution in [-0.4, -0.2) is 45.4 Å². The summed E-state index contributed by atoms with van der Waals surface area (Å²) in [6.07, 6.45) is 0. The van der Waals surface area contributed by atoms with Gasteiger partial charge < -0.3 is 9.88 Å². The molecular formula is C18H19N3O3S. The predicted octanol–water partition coefficient (Wildman–Crippen LogP) is 2.52. The lowest BCUT2D eigenvalue weighted by atomic mass is 10.2. The number of thioether (sulfide) groups is 1. The van der Waals surface area contributed by atoms with Gasteiger partial charge in [-0.25, -0.2) is 0 Å². The third-order valence-corrected chi connectivity index (χ3v) is 5.01. The highest BCUT2D eigenvalue weighted by Gasteiger charge is 2.29. The standard InChI is InChI=1S/C18H19N3O3S/c1-12-10-15(13(2)21(12)14-6-4-3-5-7-14)17(23)19-8-9-20-16(22)11-25-18(20)24/h3-7,10H,8-9,11H2,1-2H3,(H,19,23). The van der Waals surface area contributed by atoms with Crippen molar-refractivity contribution in [3.63, 3.8) is 0 Å². The molecule has 0 unspecified atom stereocenters. The number of rotatable bonds is 5. The van der Waals surface area contributed by atoms with Crippen LogP contribution in [-0.2, 0) is 4.79 Å². The molecule has 1 aromatic carbocycles. The number of nitrogens with zero attached hydrogens (tertiary/aromatic N) is 2. The number of amides is 3. The average molecular weight is 357 g/mol. The van der Waals surface area contributed by atoms with Gasteiger partial charge in [-0.15, -0.1) is 0 Å². The molecule has 3 rings (SSSR count). The second kappa shape index (κ2) is 7.14. The molecule has 0 bridgehead atoms. The number of carbonyl (C=O) groups excluding carboxylic acids is 3. The fourth-order valence-electron chi connectivity index (χ4n) is 2.94. The van der Waals surface area contributed by atoms with Crippen molar-refractivity contribution in [1.29, 1.82) is 0 Å². The van der Waals surface area contributed by atoms with E-state index in [0.717, 1.165) is 28.8 Å². The second-order valence-electron chi connectivity index (χ2n) is 5.81. The first-order valence-electron chi connectivity index (χ1n) is 7.98. The number of aromatic nitrogens is 1. The van der Waals surface area contributed by atoms with Gasteiger partial charge in [0.15, 0.2) is 0 Å². The van der Waals surface area contributed by atoms with Crippen LogP contribution in [0.25, 0.3) is 5.69 Å². The van der Waals surface area contributed by atoms with E-state index >= 15 is 0 Å². The summed E-state index contributed by atoms with van der Waals surface area (Å²) < 4.78 is 2.03. The van der Waals surface area contributed by atoms with Gasteiger partial charge in [-0.1, -0.05) is 30.0 Å². The molecule has 2 aromatic rings. The van der Waals surface area contributed by atoms with Crippen LogP contribution >= 0.6 is 11.8 Å². The Kier molecular flexibility index (Phi) is 4.94. The molecule has 3 amide bonds. The number of hydrogen-bond donors (Lipinski definition) is 1. The van der Waals surface area contributed by atoms with Crippen LogP contribution < -0.4 is 5.32 Å².